The maximum atomic E-state index is 14.0. The number of urea groups is 1. The number of hydrogen-bond acceptors (Lipinski definition) is 4. The minimum Gasteiger partial charge on any atom is -0.381 e. The monoisotopic (exact) mass is 531 g/mol. The second kappa shape index (κ2) is 9.97. The van der Waals surface area contributed by atoms with Gasteiger partial charge >= 0.3 is 6.03 Å². The van der Waals surface area contributed by atoms with E-state index in [1.807, 2.05) is 47.4 Å². The van der Waals surface area contributed by atoms with Crippen LogP contribution >= 0.6 is 11.6 Å². The molecular formula is C29H30ClN5O3. The first-order chi connectivity index (χ1) is 18.5. The van der Waals surface area contributed by atoms with E-state index in [0.717, 1.165) is 47.1 Å². The van der Waals surface area contributed by atoms with Gasteiger partial charge in [0.1, 0.15) is 5.41 Å². The number of hydrogen-bond donors (Lipinski definition) is 1. The van der Waals surface area contributed by atoms with Crippen LogP contribution in [0.4, 0.5) is 10.5 Å². The number of carbonyl (C=O) groups is 2. The van der Waals surface area contributed by atoms with Crippen molar-refractivity contribution >= 4 is 40.1 Å². The lowest BCUT2D eigenvalue weighted by atomic mass is 9.75. The first-order valence-corrected chi connectivity index (χ1v) is 13.6. The number of benzene rings is 2. The number of anilines is 1. The molecule has 0 aliphatic carbocycles. The Morgan fingerprint density at radius 3 is 2.74 bits per heavy atom. The smallest absolute Gasteiger partial charge is 0.317 e. The normalized spacial score (nSPS) is 18.5. The Morgan fingerprint density at radius 1 is 1.16 bits per heavy atom. The molecule has 0 unspecified atom stereocenters. The second-order valence-electron chi connectivity index (χ2n) is 10.4. The minimum atomic E-state index is -0.718. The third kappa shape index (κ3) is 4.20. The third-order valence-electron chi connectivity index (χ3n) is 8.06. The van der Waals surface area contributed by atoms with Crippen LogP contribution in [0.2, 0.25) is 5.02 Å². The Balaban J connectivity index is 1.26. The second-order valence-corrected chi connectivity index (χ2v) is 10.9. The van der Waals surface area contributed by atoms with Gasteiger partial charge in [0, 0.05) is 72.6 Å². The van der Waals surface area contributed by atoms with Crippen LogP contribution in [0.25, 0.3) is 10.9 Å². The molecular weight excluding hydrogens is 502 g/mol. The van der Waals surface area contributed by atoms with Crippen molar-refractivity contribution in [1.29, 1.82) is 5.26 Å². The molecule has 3 amide bonds. The maximum Gasteiger partial charge on any atom is 0.317 e. The molecule has 1 aromatic heterocycles. The molecule has 1 N–H and O–H groups in total. The van der Waals surface area contributed by atoms with Crippen molar-refractivity contribution in [3.05, 3.63) is 64.8 Å². The van der Waals surface area contributed by atoms with Gasteiger partial charge in [0.05, 0.1) is 12.6 Å². The molecule has 2 saturated heterocycles. The predicted octanol–water partition coefficient (Wildman–Crippen LogP) is 4.59. The number of nitrogens with zero attached hydrogens (tertiary/aromatic N) is 4. The number of carbonyl (C=O) groups excluding carboxylic acids is 2. The number of rotatable bonds is 6. The van der Waals surface area contributed by atoms with Gasteiger partial charge in [-0.05, 0) is 55.2 Å². The Bertz CT molecular complexity index is 1430. The quantitative estimate of drug-likeness (QED) is 0.471. The lowest BCUT2D eigenvalue weighted by Gasteiger charge is -2.47. The van der Waals surface area contributed by atoms with Crippen LogP contribution in [-0.2, 0) is 28.0 Å². The molecule has 3 aromatic rings. The number of fused-ring (bicyclic) bond motifs is 3. The number of likely N-dealkylation sites (tertiary alicyclic amines) is 1. The standard InChI is InChI=1S/C29H30ClN5O3/c30-21-7-8-25-20(15-21)16-23(34(25)12-4-3-11-31)17-35-26-6-2-1-5-24(26)29(27(35)36)18-33(19-29)28(37)32-22-9-13-38-14-10-22/h1-2,5-8,15-16,22H,3-4,9-10,12-14,17-19H2,(H,32,37). The molecule has 2 fully saturated rings. The average molecular weight is 532 g/mol. The highest BCUT2D eigenvalue weighted by atomic mass is 35.5. The maximum absolute atomic E-state index is 14.0. The summed E-state index contributed by atoms with van der Waals surface area (Å²) in [5, 5.41) is 13.9. The average Bonchev–Trinajstić information content (AvgIpc) is 3.35. The van der Waals surface area contributed by atoms with Gasteiger partial charge in [-0.3, -0.25) is 4.79 Å². The van der Waals surface area contributed by atoms with Crippen LogP contribution in [0.3, 0.4) is 0 Å². The third-order valence-corrected chi connectivity index (χ3v) is 8.30. The van der Waals surface area contributed by atoms with E-state index in [2.05, 4.69) is 22.0 Å². The lowest BCUT2D eigenvalue weighted by Crippen LogP contribution is -2.67. The lowest BCUT2D eigenvalue weighted by molar-refractivity contribution is -0.127. The summed E-state index contributed by atoms with van der Waals surface area (Å²) in [6.07, 6.45) is 2.82. The zero-order chi connectivity index (χ0) is 26.3. The molecule has 9 heteroatoms. The Hall–Kier alpha value is -3.54. The Kier molecular flexibility index (Phi) is 6.50. The van der Waals surface area contributed by atoms with Crippen LogP contribution in [-0.4, -0.2) is 53.8 Å². The first-order valence-electron chi connectivity index (χ1n) is 13.2. The van der Waals surface area contributed by atoms with Crippen molar-refractivity contribution in [1.82, 2.24) is 14.8 Å². The highest BCUT2D eigenvalue weighted by molar-refractivity contribution is 6.31. The molecule has 3 aliphatic rings. The number of unbranched alkanes of at least 4 members (excludes halogenated alkanes) is 1. The molecule has 1 spiro atoms. The number of para-hydroxylation sites is 1. The summed E-state index contributed by atoms with van der Waals surface area (Å²) in [7, 11) is 0. The van der Waals surface area contributed by atoms with Gasteiger partial charge in [0.2, 0.25) is 5.91 Å². The molecule has 0 saturated carbocycles. The topological polar surface area (TPSA) is 90.6 Å². The van der Waals surface area contributed by atoms with E-state index in [-0.39, 0.29) is 18.0 Å². The van der Waals surface area contributed by atoms with Crippen molar-refractivity contribution in [2.75, 3.05) is 31.2 Å². The van der Waals surface area contributed by atoms with Crippen molar-refractivity contribution in [3.8, 4) is 6.07 Å². The van der Waals surface area contributed by atoms with E-state index in [4.69, 9.17) is 21.6 Å². The highest BCUT2D eigenvalue weighted by Gasteiger charge is 2.59. The fraction of sp³-hybridized carbons (Fsp3) is 0.414. The number of ether oxygens (including phenoxy) is 1. The molecule has 8 nitrogen and oxygen atoms in total. The number of aromatic nitrogens is 1. The molecule has 0 bridgehead atoms. The molecule has 3 aliphatic heterocycles. The molecule has 2 aromatic carbocycles. The SMILES string of the molecule is N#CCCCn1c(CN2C(=O)C3(CN(C(=O)NC4CCOCC4)C3)c3ccccc32)cc2cc(Cl)ccc21. The van der Waals surface area contributed by atoms with E-state index in [1.165, 1.54) is 0 Å². The van der Waals surface area contributed by atoms with Gasteiger partial charge in [-0.2, -0.15) is 5.26 Å². The number of nitriles is 1. The van der Waals surface area contributed by atoms with Crippen LogP contribution < -0.4 is 10.2 Å². The van der Waals surface area contributed by atoms with Crippen molar-refractivity contribution in [3.63, 3.8) is 0 Å². The largest absolute Gasteiger partial charge is 0.381 e. The van der Waals surface area contributed by atoms with Gasteiger partial charge in [-0.25, -0.2) is 4.79 Å². The van der Waals surface area contributed by atoms with Crippen LogP contribution in [0, 0.1) is 11.3 Å². The molecule has 0 radical (unpaired) electrons. The Morgan fingerprint density at radius 2 is 1.95 bits per heavy atom. The highest BCUT2D eigenvalue weighted by Crippen LogP contribution is 2.48. The van der Waals surface area contributed by atoms with Gasteiger partial charge in [-0.1, -0.05) is 29.8 Å². The summed E-state index contributed by atoms with van der Waals surface area (Å²) in [6.45, 7) is 3.16. The van der Waals surface area contributed by atoms with Crippen molar-refractivity contribution in [2.24, 2.45) is 0 Å². The van der Waals surface area contributed by atoms with Gasteiger partial charge in [-0.15, -0.1) is 0 Å². The summed E-state index contributed by atoms with van der Waals surface area (Å²) in [5.41, 5.74) is 3.19. The van der Waals surface area contributed by atoms with E-state index in [9.17, 15) is 9.59 Å². The zero-order valence-electron chi connectivity index (χ0n) is 21.2. The van der Waals surface area contributed by atoms with Crippen molar-refractivity contribution in [2.45, 2.75) is 50.2 Å². The summed E-state index contributed by atoms with van der Waals surface area (Å²) in [5.74, 6) is 0.0284. The van der Waals surface area contributed by atoms with Crippen molar-refractivity contribution < 1.29 is 14.3 Å². The fourth-order valence-corrected chi connectivity index (χ4v) is 6.27. The molecule has 6 rings (SSSR count). The summed E-state index contributed by atoms with van der Waals surface area (Å²) in [4.78, 5) is 30.6. The summed E-state index contributed by atoms with van der Waals surface area (Å²) in [6, 6.07) is 18.0. The van der Waals surface area contributed by atoms with E-state index in [0.29, 0.717) is 50.8 Å². The molecule has 38 heavy (non-hydrogen) atoms. The molecule has 4 heterocycles. The van der Waals surface area contributed by atoms with E-state index < -0.39 is 5.41 Å². The van der Waals surface area contributed by atoms with Crippen LogP contribution in [0.5, 0.6) is 0 Å². The summed E-state index contributed by atoms with van der Waals surface area (Å²) >= 11 is 6.27. The van der Waals surface area contributed by atoms with Crippen LogP contribution in [0.15, 0.2) is 48.5 Å². The van der Waals surface area contributed by atoms with Gasteiger partial charge in [0.15, 0.2) is 0 Å². The predicted molar refractivity (Wildman–Crippen MR) is 145 cm³/mol. The Labute approximate surface area is 226 Å². The number of nitrogens with one attached hydrogen (secondary N) is 1. The van der Waals surface area contributed by atoms with Gasteiger partial charge < -0.3 is 24.4 Å². The number of amides is 3. The zero-order valence-corrected chi connectivity index (χ0v) is 21.9. The van der Waals surface area contributed by atoms with E-state index in [1.54, 1.807) is 4.90 Å². The number of halogens is 1. The fourth-order valence-electron chi connectivity index (χ4n) is 6.09. The number of aryl methyl sites for hydroxylation is 1. The van der Waals surface area contributed by atoms with Gasteiger partial charge in [0.25, 0.3) is 0 Å². The first kappa shape index (κ1) is 24.8. The summed E-state index contributed by atoms with van der Waals surface area (Å²) < 4.78 is 7.59. The molecule has 0 atom stereocenters. The van der Waals surface area contributed by atoms with E-state index >= 15 is 0 Å². The van der Waals surface area contributed by atoms with Crippen LogP contribution in [0.1, 0.15) is 36.9 Å². The molecule has 196 valence electrons. The minimum absolute atomic E-state index is 0.0284.